The predicted molar refractivity (Wildman–Crippen MR) is 120 cm³/mol. The minimum absolute atomic E-state index is 0.278. The van der Waals surface area contributed by atoms with Crippen LogP contribution in [0, 0.1) is 0 Å². The highest BCUT2D eigenvalue weighted by Crippen LogP contribution is 2.36. The van der Waals surface area contributed by atoms with Gasteiger partial charge in [0.05, 0.1) is 13.2 Å². The second-order valence-electron chi connectivity index (χ2n) is 8.58. The summed E-state index contributed by atoms with van der Waals surface area (Å²) >= 11 is 0. The standard InChI is InChI=1S/C23H26N6O5/c1-23(16-4-5-17-18(14-16)34-13-3-12-33-17)20(31)29(22(32)26-23)15-19(30)27-8-10-28(11-9-27)21-24-6-2-7-25-21/h2,4-7,14H,3,8-13,15H2,1H3,(H,26,32)/t23-/m1/s1. The maximum atomic E-state index is 13.3. The Balaban J connectivity index is 1.25. The van der Waals surface area contributed by atoms with Crippen molar-refractivity contribution in [3.8, 4) is 11.5 Å². The van der Waals surface area contributed by atoms with Crippen molar-refractivity contribution in [3.63, 3.8) is 0 Å². The van der Waals surface area contributed by atoms with Crippen molar-refractivity contribution >= 4 is 23.8 Å². The van der Waals surface area contributed by atoms with Gasteiger partial charge in [0.25, 0.3) is 5.91 Å². The molecule has 34 heavy (non-hydrogen) atoms. The van der Waals surface area contributed by atoms with Gasteiger partial charge in [-0.3, -0.25) is 14.5 Å². The van der Waals surface area contributed by atoms with E-state index in [1.165, 1.54) is 0 Å². The van der Waals surface area contributed by atoms with Gasteiger partial charge in [0, 0.05) is 45.0 Å². The number of fused-ring (bicyclic) bond motifs is 1. The van der Waals surface area contributed by atoms with Crippen LogP contribution in [0.25, 0.3) is 0 Å². The van der Waals surface area contributed by atoms with Crippen LogP contribution in [0.2, 0.25) is 0 Å². The number of hydrogen-bond donors (Lipinski definition) is 1. The van der Waals surface area contributed by atoms with Gasteiger partial charge < -0.3 is 24.6 Å². The van der Waals surface area contributed by atoms with E-state index in [4.69, 9.17) is 9.47 Å². The molecule has 2 fully saturated rings. The largest absolute Gasteiger partial charge is 0.490 e. The Labute approximate surface area is 196 Å². The van der Waals surface area contributed by atoms with Crippen molar-refractivity contribution in [2.75, 3.05) is 50.8 Å². The number of imide groups is 1. The van der Waals surface area contributed by atoms with Gasteiger partial charge in [-0.05, 0) is 30.7 Å². The third-order valence-corrected chi connectivity index (χ3v) is 6.36. The summed E-state index contributed by atoms with van der Waals surface area (Å²) in [4.78, 5) is 52.1. The number of ether oxygens (including phenoxy) is 2. The number of nitrogens with one attached hydrogen (secondary N) is 1. The van der Waals surface area contributed by atoms with Crippen LogP contribution in [0.5, 0.6) is 11.5 Å². The number of aromatic nitrogens is 2. The Hall–Kier alpha value is -3.89. The molecule has 2 saturated heterocycles. The number of anilines is 1. The van der Waals surface area contributed by atoms with E-state index in [0.29, 0.717) is 62.4 Å². The first-order valence-corrected chi connectivity index (χ1v) is 11.3. The number of rotatable bonds is 4. The number of piperazine rings is 1. The molecular formula is C23H26N6O5. The van der Waals surface area contributed by atoms with Crippen LogP contribution in [0.1, 0.15) is 18.9 Å². The molecule has 11 heteroatoms. The van der Waals surface area contributed by atoms with Gasteiger partial charge in [-0.1, -0.05) is 6.07 Å². The van der Waals surface area contributed by atoms with Crippen molar-refractivity contribution in [2.24, 2.45) is 0 Å². The van der Waals surface area contributed by atoms with Gasteiger partial charge in [0.2, 0.25) is 11.9 Å². The molecule has 1 aromatic carbocycles. The lowest BCUT2D eigenvalue weighted by molar-refractivity contribution is -0.139. The van der Waals surface area contributed by atoms with Crippen molar-refractivity contribution < 1.29 is 23.9 Å². The normalized spacial score (nSPS) is 22.4. The molecule has 4 heterocycles. The molecule has 11 nitrogen and oxygen atoms in total. The molecule has 3 aliphatic rings. The van der Waals surface area contributed by atoms with Gasteiger partial charge in [-0.15, -0.1) is 0 Å². The number of benzene rings is 1. The number of carbonyl (C=O) groups is 3. The number of nitrogens with zero attached hydrogens (tertiary/aromatic N) is 5. The van der Waals surface area contributed by atoms with Gasteiger partial charge in [0.15, 0.2) is 11.5 Å². The number of urea groups is 1. The van der Waals surface area contributed by atoms with Gasteiger partial charge in [-0.2, -0.15) is 0 Å². The first kappa shape index (κ1) is 21.9. The van der Waals surface area contributed by atoms with Crippen molar-refractivity contribution in [1.82, 2.24) is 25.1 Å². The van der Waals surface area contributed by atoms with Gasteiger partial charge in [-0.25, -0.2) is 14.8 Å². The SMILES string of the molecule is C[C@]1(c2ccc3c(c2)OCCCO3)NC(=O)N(CC(=O)N2CCN(c3ncccn3)CC2)C1=O. The first-order chi connectivity index (χ1) is 16.5. The lowest BCUT2D eigenvalue weighted by Gasteiger charge is -2.35. The van der Waals surface area contributed by atoms with Crippen molar-refractivity contribution in [1.29, 1.82) is 0 Å². The summed E-state index contributed by atoms with van der Waals surface area (Å²) in [5.74, 6) is 1.01. The number of carbonyl (C=O) groups excluding carboxylic acids is 3. The Morgan fingerprint density at radius 3 is 2.50 bits per heavy atom. The molecule has 0 aliphatic carbocycles. The lowest BCUT2D eigenvalue weighted by atomic mass is 9.91. The molecule has 0 radical (unpaired) electrons. The molecule has 0 unspecified atom stereocenters. The fourth-order valence-electron chi connectivity index (χ4n) is 4.36. The van der Waals surface area contributed by atoms with Crippen LogP contribution < -0.4 is 19.7 Å². The van der Waals surface area contributed by atoms with Crippen molar-refractivity contribution in [2.45, 2.75) is 18.9 Å². The van der Waals surface area contributed by atoms with E-state index < -0.39 is 17.5 Å². The average molecular weight is 466 g/mol. The molecule has 1 atom stereocenters. The van der Waals surface area contributed by atoms with E-state index in [2.05, 4.69) is 15.3 Å². The molecule has 178 valence electrons. The molecular weight excluding hydrogens is 440 g/mol. The van der Waals surface area contributed by atoms with Crippen LogP contribution in [-0.2, 0) is 15.1 Å². The molecule has 1 N–H and O–H groups in total. The predicted octanol–water partition coefficient (Wildman–Crippen LogP) is 0.754. The summed E-state index contributed by atoms with van der Waals surface area (Å²) in [5, 5.41) is 2.75. The summed E-state index contributed by atoms with van der Waals surface area (Å²) in [5.41, 5.74) is -0.729. The molecule has 2 aromatic rings. The summed E-state index contributed by atoms with van der Waals surface area (Å²) in [6.07, 6.45) is 4.12. The van der Waals surface area contributed by atoms with E-state index in [0.717, 1.165) is 11.3 Å². The molecule has 4 amide bonds. The zero-order valence-corrected chi connectivity index (χ0v) is 18.9. The maximum Gasteiger partial charge on any atom is 0.325 e. The Kier molecular flexibility index (Phi) is 5.68. The highest BCUT2D eigenvalue weighted by atomic mass is 16.5. The van der Waals surface area contributed by atoms with E-state index in [-0.39, 0.29) is 12.5 Å². The molecule has 5 rings (SSSR count). The molecule has 0 saturated carbocycles. The fraction of sp³-hybridized carbons (Fsp3) is 0.435. The Bertz CT molecular complexity index is 1100. The van der Waals surface area contributed by atoms with Crippen LogP contribution >= 0.6 is 0 Å². The molecule has 0 spiro atoms. The number of hydrogen-bond acceptors (Lipinski definition) is 8. The summed E-state index contributed by atoms with van der Waals surface area (Å²) in [6.45, 7) is 4.46. The highest BCUT2D eigenvalue weighted by molar-refractivity contribution is 6.09. The van der Waals surface area contributed by atoms with E-state index >= 15 is 0 Å². The van der Waals surface area contributed by atoms with E-state index in [1.54, 1.807) is 48.5 Å². The fourth-order valence-corrected chi connectivity index (χ4v) is 4.36. The summed E-state index contributed by atoms with van der Waals surface area (Å²) in [7, 11) is 0. The second kappa shape index (κ2) is 8.81. The zero-order chi connectivity index (χ0) is 23.7. The molecule has 0 bridgehead atoms. The van der Waals surface area contributed by atoms with Gasteiger partial charge >= 0.3 is 6.03 Å². The van der Waals surface area contributed by atoms with Crippen molar-refractivity contribution in [3.05, 3.63) is 42.2 Å². The minimum atomic E-state index is -1.30. The average Bonchev–Trinajstić information content (AvgIpc) is 3.02. The van der Waals surface area contributed by atoms with Gasteiger partial charge in [0.1, 0.15) is 12.1 Å². The molecule has 3 aliphatic heterocycles. The van der Waals surface area contributed by atoms with Crippen LogP contribution in [0.4, 0.5) is 10.7 Å². The minimum Gasteiger partial charge on any atom is -0.490 e. The monoisotopic (exact) mass is 466 g/mol. The van der Waals surface area contributed by atoms with Crippen LogP contribution in [0.15, 0.2) is 36.7 Å². The second-order valence-corrected chi connectivity index (χ2v) is 8.58. The topological polar surface area (TPSA) is 117 Å². The smallest absolute Gasteiger partial charge is 0.325 e. The lowest BCUT2D eigenvalue weighted by Crippen LogP contribution is -2.52. The van der Waals surface area contributed by atoms with Crippen LogP contribution in [-0.4, -0.2) is 83.6 Å². The summed E-state index contributed by atoms with van der Waals surface area (Å²) < 4.78 is 11.4. The van der Waals surface area contributed by atoms with E-state index in [9.17, 15) is 14.4 Å². The quantitative estimate of drug-likeness (QED) is 0.657. The Morgan fingerprint density at radius 1 is 1.06 bits per heavy atom. The Morgan fingerprint density at radius 2 is 1.76 bits per heavy atom. The highest BCUT2D eigenvalue weighted by Gasteiger charge is 2.50. The molecule has 1 aromatic heterocycles. The third-order valence-electron chi connectivity index (χ3n) is 6.36. The summed E-state index contributed by atoms with van der Waals surface area (Å²) in [6, 6.07) is 6.35. The first-order valence-electron chi connectivity index (χ1n) is 11.3. The van der Waals surface area contributed by atoms with E-state index in [1.807, 2.05) is 4.90 Å². The third kappa shape index (κ3) is 3.97. The van der Waals surface area contributed by atoms with Crippen LogP contribution in [0.3, 0.4) is 0 Å². The zero-order valence-electron chi connectivity index (χ0n) is 18.9. The maximum absolute atomic E-state index is 13.3. The number of amides is 4.